The lowest BCUT2D eigenvalue weighted by molar-refractivity contribution is 0.124. The Labute approximate surface area is 181 Å². The highest BCUT2D eigenvalue weighted by molar-refractivity contribution is 6.15. The molecule has 0 bridgehead atoms. The second-order valence-corrected chi connectivity index (χ2v) is 8.10. The van der Waals surface area contributed by atoms with Gasteiger partial charge in [-0.3, -0.25) is 14.9 Å². The predicted octanol–water partition coefficient (Wildman–Crippen LogP) is 4.34. The molecule has 1 N–H and O–H groups in total. The van der Waals surface area contributed by atoms with Gasteiger partial charge in [-0.25, -0.2) is 4.79 Å². The van der Waals surface area contributed by atoms with Gasteiger partial charge in [-0.1, -0.05) is 61.4 Å². The maximum absolute atomic E-state index is 12.7. The SMILES string of the molecule is Cc1nnc2n1-c1ccccc1C(c1ccccc1)=NC2NC(=O)OCC1CCCC1. The van der Waals surface area contributed by atoms with Crippen molar-refractivity contribution in [3.63, 3.8) is 0 Å². The molecule has 1 aromatic heterocycles. The summed E-state index contributed by atoms with van der Waals surface area (Å²) in [5, 5.41) is 11.5. The van der Waals surface area contributed by atoms with E-state index in [2.05, 4.69) is 15.5 Å². The summed E-state index contributed by atoms with van der Waals surface area (Å²) < 4.78 is 7.49. The number of nitrogens with zero attached hydrogens (tertiary/aromatic N) is 4. The van der Waals surface area contributed by atoms with Crippen molar-refractivity contribution in [3.05, 3.63) is 77.4 Å². The molecule has 1 atom stereocenters. The highest BCUT2D eigenvalue weighted by atomic mass is 16.5. The first-order chi connectivity index (χ1) is 15.2. The number of fused-ring (bicyclic) bond motifs is 3. The molecular weight excluding hydrogens is 390 g/mol. The molecular formula is C24H25N5O2. The summed E-state index contributed by atoms with van der Waals surface area (Å²) in [5.74, 6) is 1.75. The summed E-state index contributed by atoms with van der Waals surface area (Å²) in [6, 6.07) is 18.0. The molecule has 7 heteroatoms. The van der Waals surface area contributed by atoms with Crippen molar-refractivity contribution in [3.8, 4) is 5.69 Å². The lowest BCUT2D eigenvalue weighted by Crippen LogP contribution is -2.31. The summed E-state index contributed by atoms with van der Waals surface area (Å²) in [6.45, 7) is 2.34. The van der Waals surface area contributed by atoms with Gasteiger partial charge in [0.2, 0.25) is 0 Å². The minimum Gasteiger partial charge on any atom is -0.449 e. The highest BCUT2D eigenvalue weighted by Gasteiger charge is 2.29. The average Bonchev–Trinajstić information content (AvgIpc) is 3.43. The van der Waals surface area contributed by atoms with Crippen molar-refractivity contribution in [2.45, 2.75) is 38.8 Å². The van der Waals surface area contributed by atoms with Gasteiger partial charge in [-0.05, 0) is 31.7 Å². The average molecular weight is 415 g/mol. The van der Waals surface area contributed by atoms with Gasteiger partial charge in [0.1, 0.15) is 5.82 Å². The van der Waals surface area contributed by atoms with E-state index in [1.165, 1.54) is 12.8 Å². The molecule has 1 aliphatic carbocycles. The monoisotopic (exact) mass is 415 g/mol. The van der Waals surface area contributed by atoms with Gasteiger partial charge in [-0.2, -0.15) is 0 Å². The molecule has 3 aromatic rings. The molecule has 2 heterocycles. The molecule has 31 heavy (non-hydrogen) atoms. The normalized spacial score (nSPS) is 18.0. The number of benzene rings is 2. The van der Waals surface area contributed by atoms with Crippen LogP contribution >= 0.6 is 0 Å². The second kappa shape index (κ2) is 8.34. The molecule has 1 saturated carbocycles. The number of amides is 1. The van der Waals surface area contributed by atoms with Gasteiger partial charge in [0.05, 0.1) is 18.0 Å². The first-order valence-corrected chi connectivity index (χ1v) is 10.8. The Balaban J connectivity index is 1.52. The summed E-state index contributed by atoms with van der Waals surface area (Å²) in [5.41, 5.74) is 3.66. The third-order valence-corrected chi connectivity index (χ3v) is 5.98. The lowest BCUT2D eigenvalue weighted by Gasteiger charge is -2.16. The Bertz CT molecular complexity index is 1120. The fourth-order valence-corrected chi connectivity index (χ4v) is 4.43. The number of nitrogens with one attached hydrogen (secondary N) is 1. The maximum Gasteiger partial charge on any atom is 0.409 e. The topological polar surface area (TPSA) is 81.4 Å². The van der Waals surface area contributed by atoms with E-state index in [0.717, 1.165) is 41.2 Å². The lowest BCUT2D eigenvalue weighted by atomic mass is 10.0. The molecule has 0 spiro atoms. The van der Waals surface area contributed by atoms with Crippen LogP contribution in [0.4, 0.5) is 4.79 Å². The van der Waals surface area contributed by atoms with Crippen molar-refractivity contribution in [2.75, 3.05) is 6.61 Å². The summed E-state index contributed by atoms with van der Waals surface area (Å²) in [7, 11) is 0. The van der Waals surface area contributed by atoms with E-state index in [1.807, 2.05) is 66.1 Å². The first kappa shape index (κ1) is 19.5. The number of hydrogen-bond acceptors (Lipinski definition) is 5. The van der Waals surface area contributed by atoms with Crippen molar-refractivity contribution in [1.82, 2.24) is 20.1 Å². The number of ether oxygens (including phenoxy) is 1. The van der Waals surface area contributed by atoms with E-state index in [0.29, 0.717) is 18.3 Å². The minimum absolute atomic E-state index is 0.444. The fourth-order valence-electron chi connectivity index (χ4n) is 4.43. The maximum atomic E-state index is 12.7. The van der Waals surface area contributed by atoms with Gasteiger partial charge in [0.15, 0.2) is 12.0 Å². The highest BCUT2D eigenvalue weighted by Crippen LogP contribution is 2.30. The van der Waals surface area contributed by atoms with E-state index in [-0.39, 0.29) is 0 Å². The summed E-state index contributed by atoms with van der Waals surface area (Å²) in [4.78, 5) is 17.6. The molecule has 0 saturated heterocycles. The molecule has 7 nitrogen and oxygen atoms in total. The second-order valence-electron chi connectivity index (χ2n) is 8.10. The van der Waals surface area contributed by atoms with E-state index < -0.39 is 12.3 Å². The molecule has 0 radical (unpaired) electrons. The standard InChI is InChI=1S/C24H25N5O2/c1-16-27-28-23-22(26-24(30)31-15-17-9-5-6-10-17)25-21(18-11-3-2-4-12-18)19-13-7-8-14-20(19)29(16)23/h2-4,7-8,11-14,17,22H,5-6,9-10,15H2,1H3,(H,26,30). The van der Waals surface area contributed by atoms with Crippen molar-refractivity contribution < 1.29 is 9.53 Å². The van der Waals surface area contributed by atoms with Gasteiger partial charge in [0, 0.05) is 11.1 Å². The van der Waals surface area contributed by atoms with Crippen LogP contribution in [0.1, 0.15) is 54.6 Å². The molecule has 1 aliphatic heterocycles. The van der Waals surface area contributed by atoms with Crippen LogP contribution in [0.25, 0.3) is 5.69 Å². The molecule has 158 valence electrons. The number of alkyl carbamates (subject to hydrolysis) is 1. The Morgan fingerprint density at radius 2 is 1.81 bits per heavy atom. The van der Waals surface area contributed by atoms with Gasteiger partial charge >= 0.3 is 6.09 Å². The van der Waals surface area contributed by atoms with Crippen LogP contribution in [0, 0.1) is 12.8 Å². The van der Waals surface area contributed by atoms with Gasteiger partial charge < -0.3 is 4.74 Å². The molecule has 1 fully saturated rings. The minimum atomic E-state index is -0.708. The third kappa shape index (κ3) is 3.83. The van der Waals surface area contributed by atoms with Crippen molar-refractivity contribution in [1.29, 1.82) is 0 Å². The number of aryl methyl sites for hydroxylation is 1. The number of rotatable bonds is 4. The van der Waals surface area contributed by atoms with E-state index in [4.69, 9.17) is 9.73 Å². The Morgan fingerprint density at radius 3 is 2.61 bits per heavy atom. The largest absolute Gasteiger partial charge is 0.449 e. The van der Waals surface area contributed by atoms with Crippen LogP contribution in [-0.2, 0) is 4.74 Å². The number of carbonyl (C=O) groups is 1. The predicted molar refractivity (Wildman–Crippen MR) is 117 cm³/mol. The Morgan fingerprint density at radius 1 is 1.06 bits per heavy atom. The van der Waals surface area contributed by atoms with Gasteiger partial charge in [-0.15, -0.1) is 10.2 Å². The number of aromatic nitrogens is 3. The zero-order chi connectivity index (χ0) is 21.2. The first-order valence-electron chi connectivity index (χ1n) is 10.8. The van der Waals surface area contributed by atoms with Crippen LogP contribution in [0.3, 0.4) is 0 Å². The Hall–Kier alpha value is -3.48. The number of aliphatic imine (C=N–C) groups is 1. The van der Waals surface area contributed by atoms with E-state index in [1.54, 1.807) is 0 Å². The zero-order valence-corrected chi connectivity index (χ0v) is 17.5. The van der Waals surface area contributed by atoms with Crippen LogP contribution < -0.4 is 5.32 Å². The quantitative estimate of drug-likeness (QED) is 0.687. The van der Waals surface area contributed by atoms with Crippen molar-refractivity contribution in [2.24, 2.45) is 10.9 Å². The fraction of sp³-hybridized carbons (Fsp3) is 0.333. The smallest absolute Gasteiger partial charge is 0.409 e. The van der Waals surface area contributed by atoms with Crippen LogP contribution in [0.15, 0.2) is 59.6 Å². The third-order valence-electron chi connectivity index (χ3n) is 5.98. The zero-order valence-electron chi connectivity index (χ0n) is 17.5. The Kier molecular flexibility index (Phi) is 5.24. The van der Waals surface area contributed by atoms with E-state index >= 15 is 0 Å². The molecule has 1 unspecified atom stereocenters. The van der Waals surface area contributed by atoms with Crippen LogP contribution in [0.2, 0.25) is 0 Å². The van der Waals surface area contributed by atoms with Crippen LogP contribution in [0.5, 0.6) is 0 Å². The van der Waals surface area contributed by atoms with E-state index in [9.17, 15) is 4.79 Å². The molecule has 5 rings (SSSR count). The van der Waals surface area contributed by atoms with Crippen LogP contribution in [-0.4, -0.2) is 33.2 Å². The van der Waals surface area contributed by atoms with Gasteiger partial charge in [0.25, 0.3) is 0 Å². The van der Waals surface area contributed by atoms with Crippen molar-refractivity contribution >= 4 is 11.8 Å². The number of hydrogen-bond donors (Lipinski definition) is 1. The molecule has 1 amide bonds. The number of para-hydroxylation sites is 1. The number of carbonyl (C=O) groups excluding carboxylic acids is 1. The molecule has 2 aromatic carbocycles. The molecule has 2 aliphatic rings. The summed E-state index contributed by atoms with van der Waals surface area (Å²) >= 11 is 0. The summed E-state index contributed by atoms with van der Waals surface area (Å²) in [6.07, 6.45) is 3.48.